The highest BCUT2D eigenvalue weighted by molar-refractivity contribution is 6.02. The Morgan fingerprint density at radius 1 is 1.03 bits per heavy atom. The van der Waals surface area contributed by atoms with E-state index in [-0.39, 0.29) is 12.0 Å². The highest BCUT2D eigenvalue weighted by atomic mass is 16.6. The molecule has 1 unspecified atom stereocenters. The van der Waals surface area contributed by atoms with Crippen LogP contribution in [-0.4, -0.2) is 49.2 Å². The maximum atomic E-state index is 13.7. The second-order valence-corrected chi connectivity index (χ2v) is 9.05. The Labute approximate surface area is 196 Å². The smallest absolute Gasteiger partial charge is 0.408 e. The van der Waals surface area contributed by atoms with Crippen molar-refractivity contribution in [2.45, 2.75) is 57.6 Å². The van der Waals surface area contributed by atoms with Gasteiger partial charge in [-0.2, -0.15) is 0 Å². The molecule has 1 aliphatic carbocycles. The number of carbonyl (C=O) groups excluding carboxylic acids is 2. The summed E-state index contributed by atoms with van der Waals surface area (Å²) >= 11 is 0. The van der Waals surface area contributed by atoms with Gasteiger partial charge in [0.1, 0.15) is 6.10 Å². The molecule has 4 rings (SSSR count). The topological polar surface area (TPSA) is 70.7 Å². The van der Waals surface area contributed by atoms with Gasteiger partial charge in [-0.1, -0.05) is 68.8 Å². The predicted molar refractivity (Wildman–Crippen MR) is 130 cm³/mol. The van der Waals surface area contributed by atoms with E-state index in [2.05, 4.69) is 22.5 Å². The lowest BCUT2D eigenvalue weighted by atomic mass is 9.86. The quantitative estimate of drug-likeness (QED) is 0.626. The van der Waals surface area contributed by atoms with Crippen LogP contribution in [0.3, 0.4) is 0 Å². The fraction of sp³-hybridized carbons (Fsp3) is 0.481. The lowest BCUT2D eigenvalue weighted by Crippen LogP contribution is -2.57. The Hall–Kier alpha value is -2.86. The first-order chi connectivity index (χ1) is 16.1. The molecule has 1 atom stereocenters. The normalized spacial score (nSPS) is 18.8. The molecular weight excluding hydrogens is 414 g/mol. The minimum Gasteiger partial charge on any atom is -0.445 e. The minimum absolute atomic E-state index is 0.168. The van der Waals surface area contributed by atoms with Gasteiger partial charge in [0, 0.05) is 13.1 Å². The molecule has 6 nitrogen and oxygen atoms in total. The van der Waals surface area contributed by atoms with Gasteiger partial charge >= 0.3 is 6.09 Å². The van der Waals surface area contributed by atoms with Gasteiger partial charge in [0.05, 0.1) is 0 Å². The van der Waals surface area contributed by atoms with Crippen molar-refractivity contribution in [3.8, 4) is 11.1 Å². The number of alkyl carbamates (subject to hydrolysis) is 1. The van der Waals surface area contributed by atoms with Crippen LogP contribution in [0.2, 0.25) is 0 Å². The largest absolute Gasteiger partial charge is 0.445 e. The molecule has 0 spiro atoms. The van der Waals surface area contributed by atoms with Crippen molar-refractivity contribution in [1.29, 1.82) is 0 Å². The first-order valence-corrected chi connectivity index (χ1v) is 12.3. The van der Waals surface area contributed by atoms with Gasteiger partial charge in [0.2, 0.25) is 0 Å². The highest BCUT2D eigenvalue weighted by Gasteiger charge is 2.50. The average Bonchev–Trinajstić information content (AvgIpc) is 3.12. The van der Waals surface area contributed by atoms with Gasteiger partial charge in [0.15, 0.2) is 5.54 Å². The molecule has 1 fully saturated rings. The van der Waals surface area contributed by atoms with E-state index in [0.717, 1.165) is 74.0 Å². The average molecular weight is 450 g/mol. The Bertz CT molecular complexity index is 945. The van der Waals surface area contributed by atoms with E-state index in [4.69, 9.17) is 4.74 Å². The Morgan fingerprint density at radius 3 is 2.33 bits per heavy atom. The van der Waals surface area contributed by atoms with Gasteiger partial charge in [-0.25, -0.2) is 4.79 Å². The Balaban J connectivity index is 1.61. The van der Waals surface area contributed by atoms with E-state index < -0.39 is 11.6 Å². The number of rotatable bonds is 8. The van der Waals surface area contributed by atoms with E-state index in [9.17, 15) is 9.59 Å². The highest BCUT2D eigenvalue weighted by Crippen LogP contribution is 2.47. The molecule has 2 aromatic rings. The molecule has 2 N–H and O–H groups in total. The van der Waals surface area contributed by atoms with Crippen molar-refractivity contribution in [1.82, 2.24) is 15.5 Å². The van der Waals surface area contributed by atoms with Crippen LogP contribution in [0.25, 0.3) is 11.1 Å². The molecule has 2 aromatic carbocycles. The number of unbranched alkanes of at least 4 members (excludes halogenated alkanes) is 1. The number of likely N-dealkylation sites (tertiary alicyclic amines) is 1. The first-order valence-electron chi connectivity index (χ1n) is 12.3. The zero-order valence-corrected chi connectivity index (χ0v) is 19.7. The predicted octanol–water partition coefficient (Wildman–Crippen LogP) is 4.43. The van der Waals surface area contributed by atoms with Gasteiger partial charge in [-0.05, 0) is 61.0 Å². The molecule has 0 bridgehead atoms. The number of nitrogens with one attached hydrogen (secondary N) is 2. The van der Waals surface area contributed by atoms with E-state index in [0.29, 0.717) is 6.54 Å². The van der Waals surface area contributed by atoms with Crippen LogP contribution in [0.1, 0.15) is 57.1 Å². The van der Waals surface area contributed by atoms with Crippen LogP contribution in [0.4, 0.5) is 4.79 Å². The second kappa shape index (κ2) is 10.4. The summed E-state index contributed by atoms with van der Waals surface area (Å²) in [4.78, 5) is 29.3. The summed E-state index contributed by atoms with van der Waals surface area (Å²) < 4.78 is 5.90. The molecule has 176 valence electrons. The standard InChI is InChI=1S/C27H35N3O3/c1-3-5-17-30-18-10-11-20(19-30)33-26(32)29-27(25(31)28-16-4-2)23-14-8-6-12-21(23)22-13-7-9-15-24(22)27/h6-9,12-15,20H,3-5,10-11,16-19H2,1-2H3,(H,28,31)(H,29,32). The third-order valence-corrected chi connectivity index (χ3v) is 6.68. The van der Waals surface area contributed by atoms with Crippen molar-refractivity contribution in [3.63, 3.8) is 0 Å². The Kier molecular flexibility index (Phi) is 7.33. The van der Waals surface area contributed by atoms with Crippen LogP contribution in [0.5, 0.6) is 0 Å². The lowest BCUT2D eigenvalue weighted by Gasteiger charge is -2.35. The SMILES string of the molecule is CCCCN1CCCC(OC(=O)NC2(C(=O)NCCC)c3ccccc3-c3ccccc32)C1. The molecule has 6 heteroatoms. The van der Waals surface area contributed by atoms with E-state index in [1.807, 2.05) is 55.5 Å². The van der Waals surface area contributed by atoms with Gasteiger partial charge in [-0.3, -0.25) is 15.0 Å². The molecule has 2 aliphatic rings. The summed E-state index contributed by atoms with van der Waals surface area (Å²) in [6.07, 6.45) is 4.25. The summed E-state index contributed by atoms with van der Waals surface area (Å²) in [5.74, 6) is -0.230. The van der Waals surface area contributed by atoms with E-state index in [1.165, 1.54) is 0 Å². The molecule has 0 saturated carbocycles. The summed E-state index contributed by atoms with van der Waals surface area (Å²) in [7, 11) is 0. The molecule has 1 saturated heterocycles. The molecule has 0 radical (unpaired) electrons. The number of hydrogen-bond acceptors (Lipinski definition) is 4. The number of benzene rings is 2. The number of hydrogen-bond donors (Lipinski definition) is 2. The number of carbonyl (C=O) groups is 2. The van der Waals surface area contributed by atoms with Gasteiger partial charge in [0.25, 0.3) is 5.91 Å². The van der Waals surface area contributed by atoms with Crippen LogP contribution < -0.4 is 10.6 Å². The molecule has 1 heterocycles. The van der Waals surface area contributed by atoms with E-state index >= 15 is 0 Å². The fourth-order valence-electron chi connectivity index (χ4n) is 5.07. The van der Waals surface area contributed by atoms with Gasteiger partial charge < -0.3 is 10.1 Å². The zero-order chi connectivity index (χ0) is 23.3. The molecule has 2 amide bonds. The maximum Gasteiger partial charge on any atom is 0.408 e. The number of nitrogens with zero attached hydrogens (tertiary/aromatic N) is 1. The van der Waals surface area contributed by atoms with Crippen LogP contribution in [-0.2, 0) is 15.1 Å². The summed E-state index contributed by atoms with van der Waals surface area (Å²) in [5, 5.41) is 6.05. The van der Waals surface area contributed by atoms with Gasteiger partial charge in [-0.15, -0.1) is 0 Å². The minimum atomic E-state index is -1.31. The number of amides is 2. The van der Waals surface area contributed by atoms with E-state index in [1.54, 1.807) is 0 Å². The van der Waals surface area contributed by atoms with Crippen molar-refractivity contribution >= 4 is 12.0 Å². The Morgan fingerprint density at radius 2 is 1.70 bits per heavy atom. The second-order valence-electron chi connectivity index (χ2n) is 9.05. The number of piperidine rings is 1. The van der Waals surface area contributed by atoms with Crippen molar-refractivity contribution < 1.29 is 14.3 Å². The number of ether oxygens (including phenoxy) is 1. The lowest BCUT2D eigenvalue weighted by molar-refractivity contribution is -0.126. The third kappa shape index (κ3) is 4.62. The molecule has 1 aliphatic heterocycles. The van der Waals surface area contributed by atoms with Crippen LogP contribution in [0, 0.1) is 0 Å². The van der Waals surface area contributed by atoms with Crippen molar-refractivity contribution in [2.24, 2.45) is 0 Å². The molecule has 33 heavy (non-hydrogen) atoms. The summed E-state index contributed by atoms with van der Waals surface area (Å²) in [6.45, 7) is 7.56. The number of fused-ring (bicyclic) bond motifs is 3. The summed E-state index contributed by atoms with van der Waals surface area (Å²) in [5.41, 5.74) is 2.18. The molecular formula is C27H35N3O3. The van der Waals surface area contributed by atoms with Crippen LogP contribution in [0.15, 0.2) is 48.5 Å². The van der Waals surface area contributed by atoms with Crippen LogP contribution >= 0.6 is 0 Å². The van der Waals surface area contributed by atoms with Crippen molar-refractivity contribution in [3.05, 3.63) is 59.7 Å². The maximum absolute atomic E-state index is 13.7. The zero-order valence-electron chi connectivity index (χ0n) is 19.7. The van der Waals surface area contributed by atoms with Crippen molar-refractivity contribution in [2.75, 3.05) is 26.2 Å². The molecule has 0 aromatic heterocycles. The monoisotopic (exact) mass is 449 g/mol. The fourth-order valence-corrected chi connectivity index (χ4v) is 5.07. The third-order valence-electron chi connectivity index (χ3n) is 6.68. The summed E-state index contributed by atoms with van der Waals surface area (Å²) in [6, 6.07) is 15.6. The first kappa shape index (κ1) is 23.3.